The summed E-state index contributed by atoms with van der Waals surface area (Å²) in [7, 11) is 1.87. The number of aromatic nitrogens is 3. The van der Waals surface area contributed by atoms with Gasteiger partial charge >= 0.3 is 0 Å². The van der Waals surface area contributed by atoms with E-state index < -0.39 is 6.10 Å². The largest absolute Gasteiger partial charge is 0.388 e. The molecule has 0 aliphatic rings. The second kappa shape index (κ2) is 6.08. The van der Waals surface area contributed by atoms with Crippen LogP contribution in [0, 0.1) is 0 Å². The first-order valence-electron chi connectivity index (χ1n) is 5.95. The number of aliphatic hydroxyl groups excluding tert-OH is 1. The minimum absolute atomic E-state index is 0.233. The van der Waals surface area contributed by atoms with Crippen molar-refractivity contribution in [2.24, 2.45) is 7.05 Å². The van der Waals surface area contributed by atoms with E-state index in [1.165, 1.54) is 0 Å². The van der Waals surface area contributed by atoms with Crippen LogP contribution < -0.4 is 5.32 Å². The Morgan fingerprint density at radius 1 is 1.56 bits per heavy atom. The first-order valence-corrected chi connectivity index (χ1v) is 6.83. The summed E-state index contributed by atoms with van der Waals surface area (Å²) in [5.41, 5.74) is 1.03. The van der Waals surface area contributed by atoms with Crippen LogP contribution in [0.2, 0.25) is 0 Å². The number of aryl methyl sites for hydroxylation is 1. The number of aliphatic hydroxyl groups is 1. The lowest BCUT2D eigenvalue weighted by atomic mass is 10.1. The Labute approximate surface area is 110 Å². The summed E-state index contributed by atoms with van der Waals surface area (Å²) < 4.78 is 1.75. The van der Waals surface area contributed by atoms with Crippen LogP contribution in [0.4, 0.5) is 0 Å². The van der Waals surface area contributed by atoms with Gasteiger partial charge in [-0.2, -0.15) is 0 Å². The van der Waals surface area contributed by atoms with Crippen molar-refractivity contribution in [2.45, 2.75) is 32.0 Å². The molecule has 98 valence electrons. The van der Waals surface area contributed by atoms with Gasteiger partial charge in [-0.1, -0.05) is 11.3 Å². The Morgan fingerprint density at radius 3 is 3.00 bits per heavy atom. The molecule has 0 amide bonds. The summed E-state index contributed by atoms with van der Waals surface area (Å²) in [4.78, 5) is 1.02. The Balaban J connectivity index is 1.79. The fourth-order valence-electron chi connectivity index (χ4n) is 1.77. The minimum Gasteiger partial charge on any atom is -0.388 e. The van der Waals surface area contributed by atoms with Gasteiger partial charge in [0.05, 0.1) is 18.0 Å². The van der Waals surface area contributed by atoms with Gasteiger partial charge in [-0.3, -0.25) is 4.68 Å². The molecule has 0 bridgehead atoms. The molecule has 2 aromatic heterocycles. The van der Waals surface area contributed by atoms with E-state index in [4.69, 9.17) is 0 Å². The van der Waals surface area contributed by atoms with E-state index in [1.807, 2.05) is 24.6 Å². The standard InChI is InChI=1S/C12H18N4OS/c1-9(6-11(17)12-4-3-5-18-12)13-7-10-8-14-15-16(10)2/h3-5,8-9,11,13,17H,6-7H2,1-2H3/t9-,11-/m1/s1. The lowest BCUT2D eigenvalue weighted by Gasteiger charge is -2.17. The van der Waals surface area contributed by atoms with Crippen LogP contribution in [-0.4, -0.2) is 26.1 Å². The average molecular weight is 266 g/mol. The fourth-order valence-corrected chi connectivity index (χ4v) is 2.49. The fraction of sp³-hybridized carbons (Fsp3) is 0.500. The van der Waals surface area contributed by atoms with E-state index >= 15 is 0 Å². The molecular weight excluding hydrogens is 248 g/mol. The molecule has 2 atom stereocenters. The maximum atomic E-state index is 10.0. The molecule has 2 N–H and O–H groups in total. The topological polar surface area (TPSA) is 63.0 Å². The molecule has 0 aliphatic heterocycles. The summed E-state index contributed by atoms with van der Waals surface area (Å²) in [6, 6.07) is 4.16. The van der Waals surface area contributed by atoms with Gasteiger partial charge in [0.1, 0.15) is 0 Å². The zero-order chi connectivity index (χ0) is 13.0. The van der Waals surface area contributed by atoms with E-state index in [1.54, 1.807) is 22.2 Å². The third-order valence-corrected chi connectivity index (χ3v) is 3.86. The first-order chi connectivity index (χ1) is 8.66. The molecule has 18 heavy (non-hydrogen) atoms. The van der Waals surface area contributed by atoms with Gasteiger partial charge in [0, 0.05) is 24.5 Å². The lowest BCUT2D eigenvalue weighted by molar-refractivity contribution is 0.157. The van der Waals surface area contributed by atoms with Crippen LogP contribution in [0.3, 0.4) is 0 Å². The third-order valence-electron chi connectivity index (χ3n) is 2.89. The van der Waals surface area contributed by atoms with Crippen molar-refractivity contribution in [3.8, 4) is 0 Å². The summed E-state index contributed by atoms with van der Waals surface area (Å²) in [5.74, 6) is 0. The quantitative estimate of drug-likeness (QED) is 0.831. The number of thiophene rings is 1. The van der Waals surface area contributed by atoms with Crippen molar-refractivity contribution < 1.29 is 5.11 Å². The lowest BCUT2D eigenvalue weighted by Crippen LogP contribution is -2.28. The number of hydrogen-bond acceptors (Lipinski definition) is 5. The molecule has 2 heterocycles. The van der Waals surface area contributed by atoms with Gasteiger partial charge in [-0.25, -0.2) is 0 Å². The maximum Gasteiger partial charge on any atom is 0.0896 e. The van der Waals surface area contributed by atoms with Crippen molar-refractivity contribution >= 4 is 11.3 Å². The Morgan fingerprint density at radius 2 is 2.39 bits per heavy atom. The number of rotatable bonds is 6. The first kappa shape index (κ1) is 13.2. The van der Waals surface area contributed by atoms with Gasteiger partial charge < -0.3 is 10.4 Å². The monoisotopic (exact) mass is 266 g/mol. The Hall–Kier alpha value is -1.24. The maximum absolute atomic E-state index is 10.0. The molecule has 2 aromatic rings. The third kappa shape index (κ3) is 3.38. The number of nitrogens with one attached hydrogen (secondary N) is 1. The predicted molar refractivity (Wildman–Crippen MR) is 71.2 cm³/mol. The van der Waals surface area contributed by atoms with Gasteiger partial charge in [-0.05, 0) is 24.8 Å². The van der Waals surface area contributed by atoms with Crippen molar-refractivity contribution in [1.82, 2.24) is 20.3 Å². The molecule has 0 radical (unpaired) electrons. The smallest absolute Gasteiger partial charge is 0.0896 e. The van der Waals surface area contributed by atoms with Crippen LogP contribution in [0.15, 0.2) is 23.7 Å². The van der Waals surface area contributed by atoms with Gasteiger partial charge in [0.25, 0.3) is 0 Å². The van der Waals surface area contributed by atoms with E-state index in [-0.39, 0.29) is 6.04 Å². The minimum atomic E-state index is -0.392. The van der Waals surface area contributed by atoms with Crippen LogP contribution in [0.1, 0.15) is 30.0 Å². The molecule has 5 nitrogen and oxygen atoms in total. The van der Waals surface area contributed by atoms with Crippen molar-refractivity contribution in [3.63, 3.8) is 0 Å². The number of hydrogen-bond donors (Lipinski definition) is 2. The molecule has 0 spiro atoms. The molecule has 0 aromatic carbocycles. The zero-order valence-corrected chi connectivity index (χ0v) is 11.4. The Kier molecular flexibility index (Phi) is 4.46. The van der Waals surface area contributed by atoms with Crippen LogP contribution in [-0.2, 0) is 13.6 Å². The summed E-state index contributed by atoms with van der Waals surface area (Å²) >= 11 is 1.59. The second-order valence-corrected chi connectivity index (χ2v) is 5.38. The van der Waals surface area contributed by atoms with E-state index in [9.17, 15) is 5.11 Å². The molecule has 0 unspecified atom stereocenters. The number of nitrogens with zero attached hydrogens (tertiary/aromatic N) is 3. The molecule has 0 saturated carbocycles. The van der Waals surface area contributed by atoms with Crippen LogP contribution >= 0.6 is 11.3 Å². The van der Waals surface area contributed by atoms with E-state index in [0.29, 0.717) is 13.0 Å². The normalized spacial score (nSPS) is 14.6. The predicted octanol–water partition coefficient (Wildman–Crippen LogP) is 1.48. The molecule has 0 fully saturated rings. The molecule has 2 rings (SSSR count). The Bertz CT molecular complexity index is 468. The molecule has 6 heteroatoms. The van der Waals surface area contributed by atoms with Crippen molar-refractivity contribution in [3.05, 3.63) is 34.3 Å². The van der Waals surface area contributed by atoms with Crippen LogP contribution in [0.5, 0.6) is 0 Å². The average Bonchev–Trinajstić information content (AvgIpc) is 2.97. The highest BCUT2D eigenvalue weighted by Gasteiger charge is 2.13. The summed E-state index contributed by atoms with van der Waals surface area (Å²) in [6.07, 6.45) is 2.05. The molecule has 0 aliphatic carbocycles. The highest BCUT2D eigenvalue weighted by atomic mass is 32.1. The van der Waals surface area contributed by atoms with Gasteiger partial charge in [0.15, 0.2) is 0 Å². The van der Waals surface area contributed by atoms with E-state index in [2.05, 4.69) is 22.6 Å². The van der Waals surface area contributed by atoms with Gasteiger partial charge in [-0.15, -0.1) is 16.4 Å². The zero-order valence-electron chi connectivity index (χ0n) is 10.6. The summed E-state index contributed by atoms with van der Waals surface area (Å²) in [5, 5.41) is 23.1. The SMILES string of the molecule is C[C@H](C[C@@H](O)c1cccs1)NCc1cnnn1C. The highest BCUT2D eigenvalue weighted by molar-refractivity contribution is 7.10. The molecule has 0 saturated heterocycles. The van der Waals surface area contributed by atoms with E-state index in [0.717, 1.165) is 10.6 Å². The summed E-state index contributed by atoms with van der Waals surface area (Å²) in [6.45, 7) is 2.78. The molecular formula is C12H18N4OS. The highest BCUT2D eigenvalue weighted by Crippen LogP contribution is 2.22. The second-order valence-electron chi connectivity index (χ2n) is 4.40. The van der Waals surface area contributed by atoms with Crippen LogP contribution in [0.25, 0.3) is 0 Å². The van der Waals surface area contributed by atoms with Crippen molar-refractivity contribution in [2.75, 3.05) is 0 Å². The van der Waals surface area contributed by atoms with Crippen molar-refractivity contribution in [1.29, 1.82) is 0 Å². The van der Waals surface area contributed by atoms with Gasteiger partial charge in [0.2, 0.25) is 0 Å².